The van der Waals surface area contributed by atoms with Crippen LogP contribution in [0.1, 0.15) is 6.92 Å². The van der Waals surface area contributed by atoms with Crippen molar-refractivity contribution < 1.29 is 19.3 Å². The second-order valence-corrected chi connectivity index (χ2v) is 2.37. The third-order valence-corrected chi connectivity index (χ3v) is 1.33. The molecule has 0 aromatic heterocycles. The molecule has 0 rings (SSSR count). The van der Waals surface area contributed by atoms with Crippen molar-refractivity contribution in [2.75, 3.05) is 46.2 Å². The smallest absolute Gasteiger partial charge is 0.107 e. The van der Waals surface area contributed by atoms with E-state index >= 15 is 0 Å². The molecule has 0 aromatic rings. The van der Waals surface area contributed by atoms with Crippen LogP contribution in [0.5, 0.6) is 0 Å². The predicted octanol–water partition coefficient (Wildman–Crippen LogP) is 0.0518. The van der Waals surface area contributed by atoms with Crippen LogP contribution in [0.3, 0.4) is 0 Å². The summed E-state index contributed by atoms with van der Waals surface area (Å²) in [5.41, 5.74) is 0. The average Bonchev–Trinajstić information content (AvgIpc) is 2.21. The highest BCUT2D eigenvalue weighted by molar-refractivity contribution is 4.98. The Morgan fingerprint density at radius 1 is 0.929 bits per heavy atom. The molecule has 0 bridgehead atoms. The quantitative estimate of drug-likeness (QED) is 0.446. The first kappa shape index (κ1) is 13.4. The third kappa shape index (κ3) is 11.4. The van der Waals surface area contributed by atoms with Crippen LogP contribution < -0.4 is 0 Å². The average molecular weight is 202 g/mol. The first-order valence-corrected chi connectivity index (χ1v) is 4.71. The van der Waals surface area contributed by atoms with E-state index in [0.29, 0.717) is 33.0 Å². The Balaban J connectivity index is 2.92. The molecule has 4 heteroatoms. The van der Waals surface area contributed by atoms with Gasteiger partial charge in [0.25, 0.3) is 0 Å². The normalized spacial score (nSPS) is 9.57. The molecule has 14 heavy (non-hydrogen) atoms. The van der Waals surface area contributed by atoms with E-state index in [-0.39, 0.29) is 6.61 Å². The van der Waals surface area contributed by atoms with Crippen molar-refractivity contribution in [2.24, 2.45) is 0 Å². The van der Waals surface area contributed by atoms with Gasteiger partial charge in [-0.3, -0.25) is 0 Å². The molecule has 0 spiro atoms. The molecular weight excluding hydrogens is 184 g/mol. The molecule has 0 atom stereocenters. The number of rotatable bonds is 8. The van der Waals surface area contributed by atoms with Gasteiger partial charge in [-0.15, -0.1) is 0 Å². The summed E-state index contributed by atoms with van der Waals surface area (Å²) in [6, 6.07) is 0. The Morgan fingerprint density at radius 3 is 2.21 bits per heavy atom. The lowest BCUT2D eigenvalue weighted by Gasteiger charge is -2.03. The molecule has 0 aliphatic carbocycles. The first-order valence-electron chi connectivity index (χ1n) is 4.71. The molecule has 0 saturated carbocycles. The van der Waals surface area contributed by atoms with Crippen molar-refractivity contribution in [3.05, 3.63) is 0 Å². The van der Waals surface area contributed by atoms with Crippen molar-refractivity contribution in [2.45, 2.75) is 6.92 Å². The Hall–Kier alpha value is -0.600. The zero-order valence-corrected chi connectivity index (χ0v) is 8.62. The van der Waals surface area contributed by atoms with E-state index in [4.69, 9.17) is 19.3 Å². The lowest BCUT2D eigenvalue weighted by Crippen LogP contribution is -2.09. The summed E-state index contributed by atoms with van der Waals surface area (Å²) < 4.78 is 15.4. The van der Waals surface area contributed by atoms with Crippen LogP contribution in [0, 0.1) is 11.8 Å². The van der Waals surface area contributed by atoms with Gasteiger partial charge in [0, 0.05) is 6.61 Å². The lowest BCUT2D eigenvalue weighted by molar-refractivity contribution is 0.0231. The summed E-state index contributed by atoms with van der Waals surface area (Å²) >= 11 is 0. The van der Waals surface area contributed by atoms with E-state index in [2.05, 4.69) is 11.8 Å². The van der Waals surface area contributed by atoms with Gasteiger partial charge in [-0.25, -0.2) is 0 Å². The second-order valence-electron chi connectivity index (χ2n) is 2.37. The number of aliphatic hydroxyl groups excluding tert-OH is 1. The standard InChI is InChI=1S/C10H18O4/c1-2-12-7-8-14-10-9-13-6-4-3-5-11/h11H,2,5-10H2,1H3. The molecule has 0 heterocycles. The van der Waals surface area contributed by atoms with Crippen molar-refractivity contribution in [3.8, 4) is 11.8 Å². The number of hydrogen-bond acceptors (Lipinski definition) is 4. The second kappa shape index (κ2) is 12.4. The highest BCUT2D eigenvalue weighted by Crippen LogP contribution is 1.80. The summed E-state index contributed by atoms with van der Waals surface area (Å²) in [6.07, 6.45) is 0. The lowest BCUT2D eigenvalue weighted by atomic mass is 10.6. The van der Waals surface area contributed by atoms with Gasteiger partial charge in [0.2, 0.25) is 0 Å². The molecule has 0 fully saturated rings. The van der Waals surface area contributed by atoms with Crippen molar-refractivity contribution in [1.82, 2.24) is 0 Å². The first-order chi connectivity index (χ1) is 6.91. The van der Waals surface area contributed by atoms with Gasteiger partial charge in [0.05, 0.1) is 26.4 Å². The Morgan fingerprint density at radius 2 is 1.57 bits per heavy atom. The largest absolute Gasteiger partial charge is 0.384 e. The van der Waals surface area contributed by atoms with E-state index in [1.54, 1.807) is 0 Å². The maximum Gasteiger partial charge on any atom is 0.107 e. The molecule has 0 unspecified atom stereocenters. The SMILES string of the molecule is CCOCCOCCOCC#CCO. The Labute approximate surface area is 85.2 Å². The van der Waals surface area contributed by atoms with Crippen LogP contribution in [0.4, 0.5) is 0 Å². The van der Waals surface area contributed by atoms with Crippen LogP contribution in [-0.2, 0) is 14.2 Å². The van der Waals surface area contributed by atoms with Crippen LogP contribution in [0.2, 0.25) is 0 Å². The fourth-order valence-corrected chi connectivity index (χ4v) is 0.712. The van der Waals surface area contributed by atoms with Crippen molar-refractivity contribution >= 4 is 0 Å². The van der Waals surface area contributed by atoms with Crippen LogP contribution in [0.15, 0.2) is 0 Å². The molecule has 0 aliphatic heterocycles. The molecule has 1 N–H and O–H groups in total. The van der Waals surface area contributed by atoms with E-state index in [9.17, 15) is 0 Å². The molecule has 0 amide bonds. The summed E-state index contributed by atoms with van der Waals surface area (Å²) in [6.45, 7) is 5.18. The molecule has 0 saturated heterocycles. The zero-order chi connectivity index (χ0) is 10.5. The Kier molecular flexibility index (Phi) is 11.9. The van der Waals surface area contributed by atoms with Gasteiger partial charge >= 0.3 is 0 Å². The number of ether oxygens (including phenoxy) is 3. The third-order valence-electron chi connectivity index (χ3n) is 1.33. The van der Waals surface area contributed by atoms with Gasteiger partial charge in [-0.1, -0.05) is 11.8 Å². The van der Waals surface area contributed by atoms with Gasteiger partial charge < -0.3 is 19.3 Å². The highest BCUT2D eigenvalue weighted by atomic mass is 16.5. The van der Waals surface area contributed by atoms with Gasteiger partial charge in [-0.2, -0.15) is 0 Å². The summed E-state index contributed by atoms with van der Waals surface area (Å²) in [4.78, 5) is 0. The number of hydrogen-bond donors (Lipinski definition) is 1. The molecule has 4 nitrogen and oxygen atoms in total. The van der Waals surface area contributed by atoms with Gasteiger partial charge in [0.1, 0.15) is 13.2 Å². The summed E-state index contributed by atoms with van der Waals surface area (Å²) in [5.74, 6) is 5.13. The molecule has 82 valence electrons. The summed E-state index contributed by atoms with van der Waals surface area (Å²) in [7, 11) is 0. The molecule has 0 aromatic carbocycles. The minimum atomic E-state index is -0.117. The molecule has 0 radical (unpaired) electrons. The van der Waals surface area contributed by atoms with Gasteiger partial charge in [-0.05, 0) is 6.92 Å². The van der Waals surface area contributed by atoms with Crippen LogP contribution >= 0.6 is 0 Å². The molecule has 0 aliphatic rings. The zero-order valence-electron chi connectivity index (χ0n) is 8.62. The van der Waals surface area contributed by atoms with E-state index < -0.39 is 0 Å². The predicted molar refractivity (Wildman–Crippen MR) is 53.0 cm³/mol. The maximum absolute atomic E-state index is 8.32. The minimum absolute atomic E-state index is 0.117. The molecular formula is C10H18O4. The highest BCUT2D eigenvalue weighted by Gasteiger charge is 1.88. The number of aliphatic hydroxyl groups is 1. The Bertz CT molecular complexity index is 159. The monoisotopic (exact) mass is 202 g/mol. The maximum atomic E-state index is 8.32. The fraction of sp³-hybridized carbons (Fsp3) is 0.800. The van der Waals surface area contributed by atoms with E-state index in [1.807, 2.05) is 6.92 Å². The minimum Gasteiger partial charge on any atom is -0.384 e. The van der Waals surface area contributed by atoms with Gasteiger partial charge in [0.15, 0.2) is 0 Å². The van der Waals surface area contributed by atoms with Crippen LogP contribution in [0.25, 0.3) is 0 Å². The van der Waals surface area contributed by atoms with Crippen LogP contribution in [-0.4, -0.2) is 51.4 Å². The fourth-order valence-electron chi connectivity index (χ4n) is 0.712. The van der Waals surface area contributed by atoms with E-state index in [1.165, 1.54) is 0 Å². The van der Waals surface area contributed by atoms with Crippen molar-refractivity contribution in [1.29, 1.82) is 0 Å². The van der Waals surface area contributed by atoms with Crippen molar-refractivity contribution in [3.63, 3.8) is 0 Å². The summed E-state index contributed by atoms with van der Waals surface area (Å²) in [5, 5.41) is 8.32. The van der Waals surface area contributed by atoms with E-state index in [0.717, 1.165) is 6.61 Å². The topological polar surface area (TPSA) is 47.9 Å².